The average Bonchev–Trinajstić information content (AvgIpc) is 3.12. The topological polar surface area (TPSA) is 25.2 Å². The second kappa shape index (κ2) is 6.25. The summed E-state index contributed by atoms with van der Waals surface area (Å²) >= 11 is 1.82. The number of furan rings is 1. The molecule has 2 nitrogen and oxygen atoms in total. The van der Waals surface area contributed by atoms with Crippen molar-refractivity contribution in [2.75, 3.05) is 6.54 Å². The molecule has 0 aliphatic heterocycles. The Hall–Kier alpha value is -1.58. The van der Waals surface area contributed by atoms with Gasteiger partial charge in [0.15, 0.2) is 0 Å². The van der Waals surface area contributed by atoms with Crippen molar-refractivity contribution in [3.63, 3.8) is 0 Å². The molecule has 104 valence electrons. The van der Waals surface area contributed by atoms with E-state index >= 15 is 0 Å². The maximum Gasteiger partial charge on any atom is 0.0935 e. The predicted octanol–water partition coefficient (Wildman–Crippen LogP) is 4.78. The summed E-state index contributed by atoms with van der Waals surface area (Å²) in [5.41, 5.74) is 2.65. The molecule has 3 heteroatoms. The molecule has 0 saturated heterocycles. The van der Waals surface area contributed by atoms with Gasteiger partial charge in [-0.1, -0.05) is 25.1 Å². The van der Waals surface area contributed by atoms with Gasteiger partial charge in [0.1, 0.15) is 0 Å². The zero-order valence-electron chi connectivity index (χ0n) is 11.6. The molecule has 3 aromatic rings. The first kappa shape index (κ1) is 13.4. The molecule has 0 spiro atoms. The Kier molecular flexibility index (Phi) is 4.19. The second-order valence-electron chi connectivity index (χ2n) is 5.03. The summed E-state index contributed by atoms with van der Waals surface area (Å²) < 4.78 is 6.56. The summed E-state index contributed by atoms with van der Waals surface area (Å²) in [6, 6.07) is 11.0. The average molecular weight is 285 g/mol. The van der Waals surface area contributed by atoms with E-state index in [-0.39, 0.29) is 0 Å². The summed E-state index contributed by atoms with van der Waals surface area (Å²) in [6.45, 7) is 3.24. The Morgan fingerprint density at radius 1 is 1.25 bits per heavy atom. The SMILES string of the molecule is CCCNC(Cc1ccoc1)c1csc2ccccc12. The summed E-state index contributed by atoms with van der Waals surface area (Å²) in [5, 5.41) is 7.33. The molecule has 0 saturated carbocycles. The van der Waals surface area contributed by atoms with E-state index in [9.17, 15) is 0 Å². The van der Waals surface area contributed by atoms with Crippen molar-refractivity contribution in [2.45, 2.75) is 25.8 Å². The lowest BCUT2D eigenvalue weighted by Gasteiger charge is -2.17. The zero-order chi connectivity index (χ0) is 13.8. The number of fused-ring (bicyclic) bond motifs is 1. The van der Waals surface area contributed by atoms with Crippen LogP contribution in [0.4, 0.5) is 0 Å². The van der Waals surface area contributed by atoms with Gasteiger partial charge in [-0.15, -0.1) is 11.3 Å². The Morgan fingerprint density at radius 3 is 2.95 bits per heavy atom. The molecule has 0 fully saturated rings. The molecule has 2 aromatic heterocycles. The smallest absolute Gasteiger partial charge is 0.0935 e. The molecule has 0 radical (unpaired) electrons. The van der Waals surface area contributed by atoms with Crippen LogP contribution in [0.25, 0.3) is 10.1 Å². The van der Waals surface area contributed by atoms with Crippen LogP contribution in [0.2, 0.25) is 0 Å². The summed E-state index contributed by atoms with van der Waals surface area (Å²) in [4.78, 5) is 0. The molecule has 0 bridgehead atoms. The Morgan fingerprint density at radius 2 is 2.15 bits per heavy atom. The van der Waals surface area contributed by atoms with E-state index < -0.39 is 0 Å². The van der Waals surface area contributed by atoms with Crippen LogP contribution in [-0.4, -0.2) is 6.54 Å². The molecule has 1 atom stereocenters. The van der Waals surface area contributed by atoms with Gasteiger partial charge in [0.25, 0.3) is 0 Å². The number of hydrogen-bond donors (Lipinski definition) is 1. The Bertz CT molecular complexity index is 657. The lowest BCUT2D eigenvalue weighted by atomic mass is 9.99. The number of rotatable bonds is 6. The van der Waals surface area contributed by atoms with E-state index in [1.54, 1.807) is 6.26 Å². The first-order valence-corrected chi connectivity index (χ1v) is 7.97. The van der Waals surface area contributed by atoms with E-state index in [2.05, 4.69) is 48.0 Å². The van der Waals surface area contributed by atoms with Crippen LogP contribution in [0.3, 0.4) is 0 Å². The highest BCUT2D eigenvalue weighted by atomic mass is 32.1. The summed E-state index contributed by atoms with van der Waals surface area (Å²) in [5.74, 6) is 0. The maximum absolute atomic E-state index is 5.20. The third kappa shape index (κ3) is 2.79. The van der Waals surface area contributed by atoms with Crippen LogP contribution < -0.4 is 5.32 Å². The van der Waals surface area contributed by atoms with Gasteiger partial charge in [0.05, 0.1) is 12.5 Å². The standard InChI is InChI=1S/C17H19NOS/c1-2-8-18-16(10-13-7-9-19-11-13)15-12-20-17-6-4-3-5-14(15)17/h3-7,9,11-12,16,18H,2,8,10H2,1H3. The van der Waals surface area contributed by atoms with Crippen LogP contribution in [-0.2, 0) is 6.42 Å². The largest absolute Gasteiger partial charge is 0.472 e. The Balaban J connectivity index is 1.91. The molecule has 0 aliphatic rings. The number of thiophene rings is 1. The van der Waals surface area contributed by atoms with Crippen molar-refractivity contribution in [1.82, 2.24) is 5.32 Å². The normalized spacial score (nSPS) is 12.8. The van der Waals surface area contributed by atoms with E-state index in [4.69, 9.17) is 4.42 Å². The van der Waals surface area contributed by atoms with Crippen molar-refractivity contribution in [1.29, 1.82) is 0 Å². The van der Waals surface area contributed by atoms with E-state index in [0.29, 0.717) is 6.04 Å². The van der Waals surface area contributed by atoms with Crippen molar-refractivity contribution >= 4 is 21.4 Å². The molecule has 2 heterocycles. The van der Waals surface area contributed by atoms with Gasteiger partial charge in [0, 0.05) is 10.7 Å². The third-order valence-electron chi connectivity index (χ3n) is 3.55. The molecular weight excluding hydrogens is 266 g/mol. The first-order chi connectivity index (χ1) is 9.88. The fraction of sp³-hybridized carbons (Fsp3) is 0.294. The molecule has 1 unspecified atom stereocenters. The summed E-state index contributed by atoms with van der Waals surface area (Å²) in [7, 11) is 0. The highest BCUT2D eigenvalue weighted by Crippen LogP contribution is 2.31. The van der Waals surface area contributed by atoms with Gasteiger partial charge in [-0.05, 0) is 53.4 Å². The van der Waals surface area contributed by atoms with E-state index in [0.717, 1.165) is 19.4 Å². The minimum atomic E-state index is 0.351. The molecule has 0 aliphatic carbocycles. The third-order valence-corrected chi connectivity index (χ3v) is 4.53. The van der Waals surface area contributed by atoms with E-state index in [1.165, 1.54) is 21.2 Å². The zero-order valence-corrected chi connectivity index (χ0v) is 12.5. The fourth-order valence-electron chi connectivity index (χ4n) is 2.52. The molecule has 1 aromatic carbocycles. The molecule has 3 rings (SSSR count). The lowest BCUT2D eigenvalue weighted by molar-refractivity contribution is 0.524. The van der Waals surface area contributed by atoms with Crippen LogP contribution in [0, 0.1) is 0 Å². The van der Waals surface area contributed by atoms with Gasteiger partial charge in [-0.3, -0.25) is 0 Å². The van der Waals surface area contributed by atoms with Crippen LogP contribution in [0.1, 0.15) is 30.5 Å². The van der Waals surface area contributed by atoms with Crippen molar-refractivity contribution in [3.8, 4) is 0 Å². The minimum absolute atomic E-state index is 0.351. The van der Waals surface area contributed by atoms with Gasteiger partial charge in [0.2, 0.25) is 0 Å². The monoisotopic (exact) mass is 285 g/mol. The minimum Gasteiger partial charge on any atom is -0.472 e. The summed E-state index contributed by atoms with van der Waals surface area (Å²) in [6.07, 6.45) is 5.70. The predicted molar refractivity (Wildman–Crippen MR) is 85.3 cm³/mol. The quantitative estimate of drug-likeness (QED) is 0.705. The maximum atomic E-state index is 5.20. The second-order valence-corrected chi connectivity index (χ2v) is 5.94. The van der Waals surface area contributed by atoms with Gasteiger partial charge < -0.3 is 9.73 Å². The number of hydrogen-bond acceptors (Lipinski definition) is 3. The highest BCUT2D eigenvalue weighted by molar-refractivity contribution is 7.17. The molecular formula is C17H19NOS. The number of benzene rings is 1. The number of nitrogens with one attached hydrogen (secondary N) is 1. The van der Waals surface area contributed by atoms with Gasteiger partial charge in [-0.2, -0.15) is 0 Å². The fourth-order valence-corrected chi connectivity index (χ4v) is 3.54. The van der Waals surface area contributed by atoms with Crippen molar-refractivity contribution < 1.29 is 4.42 Å². The Labute approximate surface area is 123 Å². The first-order valence-electron chi connectivity index (χ1n) is 7.09. The molecule has 20 heavy (non-hydrogen) atoms. The highest BCUT2D eigenvalue weighted by Gasteiger charge is 2.16. The van der Waals surface area contributed by atoms with Crippen molar-refractivity contribution in [2.24, 2.45) is 0 Å². The van der Waals surface area contributed by atoms with Crippen molar-refractivity contribution in [3.05, 3.63) is 59.4 Å². The van der Waals surface area contributed by atoms with Crippen LogP contribution in [0.5, 0.6) is 0 Å². The van der Waals surface area contributed by atoms with Gasteiger partial charge in [-0.25, -0.2) is 0 Å². The molecule has 0 amide bonds. The van der Waals surface area contributed by atoms with Gasteiger partial charge >= 0.3 is 0 Å². The lowest BCUT2D eigenvalue weighted by Crippen LogP contribution is -2.23. The van der Waals surface area contributed by atoms with E-state index in [1.807, 2.05) is 17.6 Å². The van der Waals surface area contributed by atoms with Crippen LogP contribution in [0.15, 0.2) is 52.7 Å². The molecule has 1 N–H and O–H groups in total. The van der Waals surface area contributed by atoms with Crippen LogP contribution >= 0.6 is 11.3 Å².